The average molecular weight is 389 g/mol. The standard InChI is InChI=1S/C19H24N4OS2/c1-14(2)12-20-18-21-22-19(26-18)25-13-17(24)23-10-8-16(9-11-23)15-6-4-3-5-7-15/h3-8,14H,9-13H2,1-2H3,(H,20,21). The number of hydrogen-bond donors (Lipinski definition) is 1. The zero-order valence-corrected chi connectivity index (χ0v) is 16.8. The van der Waals surface area contributed by atoms with E-state index in [-0.39, 0.29) is 5.91 Å². The Hall–Kier alpha value is -1.86. The molecule has 0 bridgehead atoms. The maximum absolute atomic E-state index is 12.5. The van der Waals surface area contributed by atoms with Gasteiger partial charge in [-0.3, -0.25) is 4.79 Å². The van der Waals surface area contributed by atoms with E-state index in [1.165, 1.54) is 34.2 Å². The molecule has 1 aliphatic heterocycles. The van der Waals surface area contributed by atoms with Crippen LogP contribution < -0.4 is 5.32 Å². The molecule has 0 fully saturated rings. The third-order valence-electron chi connectivity index (χ3n) is 4.09. The Bertz CT molecular complexity index is 758. The van der Waals surface area contributed by atoms with Crippen molar-refractivity contribution in [1.29, 1.82) is 0 Å². The van der Waals surface area contributed by atoms with E-state index in [1.807, 2.05) is 11.0 Å². The first-order chi connectivity index (χ1) is 12.6. The predicted octanol–water partition coefficient (Wildman–Crippen LogP) is 4.01. The molecule has 0 unspecified atom stereocenters. The van der Waals surface area contributed by atoms with Crippen LogP contribution in [0.15, 0.2) is 40.7 Å². The van der Waals surface area contributed by atoms with E-state index >= 15 is 0 Å². The molecule has 0 saturated heterocycles. The first-order valence-electron chi connectivity index (χ1n) is 8.84. The number of thioether (sulfide) groups is 1. The van der Waals surface area contributed by atoms with E-state index in [2.05, 4.69) is 59.7 Å². The normalized spacial score (nSPS) is 14.4. The fourth-order valence-electron chi connectivity index (χ4n) is 2.66. The van der Waals surface area contributed by atoms with E-state index in [0.717, 1.165) is 29.0 Å². The lowest BCUT2D eigenvalue weighted by atomic mass is 10.00. The Labute approximate surface area is 162 Å². The minimum atomic E-state index is 0.158. The number of carbonyl (C=O) groups is 1. The summed E-state index contributed by atoms with van der Waals surface area (Å²) in [6.45, 7) is 6.64. The van der Waals surface area contributed by atoms with Gasteiger partial charge in [0.25, 0.3) is 0 Å². The molecule has 1 aliphatic rings. The van der Waals surface area contributed by atoms with Crippen molar-refractivity contribution in [2.24, 2.45) is 5.92 Å². The van der Waals surface area contributed by atoms with Crippen LogP contribution in [0.5, 0.6) is 0 Å². The van der Waals surface area contributed by atoms with E-state index in [0.29, 0.717) is 18.2 Å². The van der Waals surface area contributed by atoms with Crippen LogP contribution in [0.3, 0.4) is 0 Å². The van der Waals surface area contributed by atoms with Gasteiger partial charge in [-0.1, -0.05) is 73.4 Å². The van der Waals surface area contributed by atoms with Crippen molar-refractivity contribution in [3.8, 4) is 0 Å². The zero-order valence-electron chi connectivity index (χ0n) is 15.1. The highest BCUT2D eigenvalue weighted by atomic mass is 32.2. The third kappa shape index (κ3) is 5.32. The molecule has 7 heteroatoms. The highest BCUT2D eigenvalue weighted by molar-refractivity contribution is 8.01. The number of amides is 1. The van der Waals surface area contributed by atoms with Gasteiger partial charge in [0.1, 0.15) is 0 Å². The lowest BCUT2D eigenvalue weighted by Crippen LogP contribution is -2.35. The van der Waals surface area contributed by atoms with Gasteiger partial charge in [-0.15, -0.1) is 10.2 Å². The highest BCUT2D eigenvalue weighted by Gasteiger charge is 2.18. The maximum atomic E-state index is 12.5. The van der Waals surface area contributed by atoms with Crippen molar-refractivity contribution >= 4 is 39.7 Å². The van der Waals surface area contributed by atoms with Crippen LogP contribution >= 0.6 is 23.1 Å². The van der Waals surface area contributed by atoms with Gasteiger partial charge in [-0.05, 0) is 23.5 Å². The SMILES string of the molecule is CC(C)CNc1nnc(SCC(=O)N2CC=C(c3ccccc3)CC2)s1. The molecule has 2 aromatic rings. The summed E-state index contributed by atoms with van der Waals surface area (Å²) in [7, 11) is 0. The number of nitrogens with zero attached hydrogens (tertiary/aromatic N) is 3. The largest absolute Gasteiger partial charge is 0.360 e. The topological polar surface area (TPSA) is 58.1 Å². The number of benzene rings is 1. The Morgan fingerprint density at radius 1 is 1.31 bits per heavy atom. The van der Waals surface area contributed by atoms with Crippen LogP contribution in [0, 0.1) is 5.92 Å². The van der Waals surface area contributed by atoms with Crippen molar-refractivity contribution in [3.05, 3.63) is 42.0 Å². The maximum Gasteiger partial charge on any atom is 0.233 e. The van der Waals surface area contributed by atoms with Gasteiger partial charge in [-0.2, -0.15) is 0 Å². The Kier molecular flexibility index (Phi) is 6.68. The third-order valence-corrected chi connectivity index (χ3v) is 6.09. The summed E-state index contributed by atoms with van der Waals surface area (Å²) in [5.74, 6) is 1.13. The molecule has 1 amide bonds. The van der Waals surface area contributed by atoms with Gasteiger partial charge in [0.2, 0.25) is 11.0 Å². The molecule has 1 aromatic heterocycles. The monoisotopic (exact) mass is 388 g/mol. The second-order valence-electron chi connectivity index (χ2n) is 6.62. The molecule has 1 N–H and O–H groups in total. The molecule has 0 atom stereocenters. The van der Waals surface area contributed by atoms with E-state index in [9.17, 15) is 4.79 Å². The molecule has 0 saturated carbocycles. The summed E-state index contributed by atoms with van der Waals surface area (Å²) in [4.78, 5) is 14.4. The van der Waals surface area contributed by atoms with Crippen molar-refractivity contribution in [2.75, 3.05) is 30.7 Å². The summed E-state index contributed by atoms with van der Waals surface area (Å²) in [5, 5.41) is 12.4. The molecule has 2 heterocycles. The second kappa shape index (κ2) is 9.19. The first kappa shape index (κ1) is 18.9. The zero-order chi connectivity index (χ0) is 18.4. The predicted molar refractivity (Wildman–Crippen MR) is 110 cm³/mol. The van der Waals surface area contributed by atoms with Crippen molar-refractivity contribution < 1.29 is 4.79 Å². The first-order valence-corrected chi connectivity index (χ1v) is 10.6. The fraction of sp³-hybridized carbons (Fsp3) is 0.421. The quantitative estimate of drug-likeness (QED) is 0.726. The Morgan fingerprint density at radius 2 is 2.12 bits per heavy atom. The summed E-state index contributed by atoms with van der Waals surface area (Å²) in [6.07, 6.45) is 3.07. The molecule has 138 valence electrons. The Balaban J connectivity index is 1.47. The number of rotatable bonds is 7. The molecular formula is C19H24N4OS2. The minimum Gasteiger partial charge on any atom is -0.360 e. The van der Waals surface area contributed by atoms with Gasteiger partial charge < -0.3 is 10.2 Å². The number of anilines is 1. The average Bonchev–Trinajstić information content (AvgIpc) is 3.13. The molecule has 26 heavy (non-hydrogen) atoms. The van der Waals surface area contributed by atoms with Gasteiger partial charge in [0.15, 0.2) is 4.34 Å². The molecular weight excluding hydrogens is 364 g/mol. The number of nitrogens with one attached hydrogen (secondary N) is 1. The van der Waals surface area contributed by atoms with Crippen molar-refractivity contribution in [3.63, 3.8) is 0 Å². The highest BCUT2D eigenvalue weighted by Crippen LogP contribution is 2.27. The molecule has 0 spiro atoms. The minimum absolute atomic E-state index is 0.158. The van der Waals surface area contributed by atoms with E-state index < -0.39 is 0 Å². The van der Waals surface area contributed by atoms with E-state index in [4.69, 9.17) is 0 Å². The van der Waals surface area contributed by atoms with Crippen LogP contribution in [0.4, 0.5) is 5.13 Å². The molecule has 3 rings (SSSR count). The van der Waals surface area contributed by atoms with Crippen LogP contribution in [-0.2, 0) is 4.79 Å². The van der Waals surface area contributed by atoms with Crippen LogP contribution in [0.25, 0.3) is 5.57 Å². The lowest BCUT2D eigenvalue weighted by molar-refractivity contribution is -0.127. The van der Waals surface area contributed by atoms with Crippen LogP contribution in [0.2, 0.25) is 0 Å². The second-order valence-corrected chi connectivity index (χ2v) is 8.82. The molecule has 0 radical (unpaired) electrons. The number of carbonyl (C=O) groups excluding carboxylic acids is 1. The summed E-state index contributed by atoms with van der Waals surface area (Å²) in [5.41, 5.74) is 2.58. The summed E-state index contributed by atoms with van der Waals surface area (Å²) in [6, 6.07) is 10.4. The van der Waals surface area contributed by atoms with Crippen molar-refractivity contribution in [2.45, 2.75) is 24.6 Å². The molecule has 5 nitrogen and oxygen atoms in total. The van der Waals surface area contributed by atoms with Crippen LogP contribution in [0.1, 0.15) is 25.8 Å². The van der Waals surface area contributed by atoms with Gasteiger partial charge in [-0.25, -0.2) is 0 Å². The van der Waals surface area contributed by atoms with Gasteiger partial charge in [0, 0.05) is 19.6 Å². The molecule has 0 aliphatic carbocycles. The summed E-state index contributed by atoms with van der Waals surface area (Å²) < 4.78 is 0.835. The van der Waals surface area contributed by atoms with Crippen molar-refractivity contribution in [1.82, 2.24) is 15.1 Å². The Morgan fingerprint density at radius 3 is 2.81 bits per heavy atom. The summed E-state index contributed by atoms with van der Waals surface area (Å²) >= 11 is 2.98. The smallest absolute Gasteiger partial charge is 0.233 e. The van der Waals surface area contributed by atoms with Crippen LogP contribution in [-0.4, -0.2) is 46.4 Å². The number of aromatic nitrogens is 2. The van der Waals surface area contributed by atoms with Gasteiger partial charge >= 0.3 is 0 Å². The van der Waals surface area contributed by atoms with E-state index in [1.54, 1.807) is 0 Å². The molecule has 1 aromatic carbocycles. The van der Waals surface area contributed by atoms with Gasteiger partial charge in [0.05, 0.1) is 5.75 Å². The number of hydrogen-bond acceptors (Lipinski definition) is 6. The fourth-order valence-corrected chi connectivity index (χ4v) is 4.32. The lowest BCUT2D eigenvalue weighted by Gasteiger charge is -2.26.